The van der Waals surface area contributed by atoms with Crippen molar-refractivity contribution in [3.05, 3.63) is 95.3 Å². The molecule has 8 heteroatoms. The number of benzene rings is 3. The number of hydrogen-bond donors (Lipinski definition) is 0. The van der Waals surface area contributed by atoms with Crippen LogP contribution in [-0.4, -0.2) is 11.1 Å². The van der Waals surface area contributed by atoms with Gasteiger partial charge in [0.15, 0.2) is 0 Å². The Hall–Kier alpha value is -2.84. The van der Waals surface area contributed by atoms with E-state index in [9.17, 15) is 4.79 Å². The average molecular weight is 577 g/mol. The second-order valence-electron chi connectivity index (χ2n) is 8.95. The molecule has 4 nitrogen and oxygen atoms in total. The Kier molecular flexibility index (Phi) is 6.95. The average Bonchev–Trinajstić information content (AvgIpc) is 3.57. The van der Waals surface area contributed by atoms with E-state index >= 15 is 0 Å². The fourth-order valence-electron chi connectivity index (χ4n) is 5.03. The molecule has 0 N–H and O–H groups in total. The molecule has 1 aliphatic heterocycles. The van der Waals surface area contributed by atoms with E-state index < -0.39 is 0 Å². The predicted octanol–water partition coefficient (Wildman–Crippen LogP) is 6.34. The van der Waals surface area contributed by atoms with Gasteiger partial charge in [-0.3, -0.25) is 9.36 Å². The molecular formula is C30H27ClN3OS3+. The van der Waals surface area contributed by atoms with Gasteiger partial charge < -0.3 is 4.90 Å². The van der Waals surface area contributed by atoms with Gasteiger partial charge in [-0.25, -0.2) is 0 Å². The van der Waals surface area contributed by atoms with E-state index in [2.05, 4.69) is 77.9 Å². The predicted molar refractivity (Wildman–Crippen MR) is 165 cm³/mol. The van der Waals surface area contributed by atoms with Crippen LogP contribution in [0.25, 0.3) is 33.1 Å². The second kappa shape index (κ2) is 10.4. The van der Waals surface area contributed by atoms with Crippen molar-refractivity contribution in [3.63, 3.8) is 0 Å². The fourth-order valence-corrected chi connectivity index (χ4v) is 8.61. The third-order valence-corrected chi connectivity index (χ3v) is 10.4. The van der Waals surface area contributed by atoms with Gasteiger partial charge in [-0.2, -0.15) is 4.57 Å². The third-order valence-electron chi connectivity index (χ3n) is 6.82. The first kappa shape index (κ1) is 25.4. The van der Waals surface area contributed by atoms with Crippen LogP contribution in [0, 0.1) is 0 Å². The number of hydrogen-bond acceptors (Lipinski definition) is 5. The van der Waals surface area contributed by atoms with Crippen LogP contribution in [0.2, 0.25) is 5.02 Å². The second-order valence-corrected chi connectivity index (χ2v) is 12.6. The fraction of sp³-hybridized carbons (Fsp3) is 0.200. The van der Waals surface area contributed by atoms with Crippen LogP contribution >= 0.6 is 46.0 Å². The Morgan fingerprint density at radius 1 is 0.974 bits per heavy atom. The van der Waals surface area contributed by atoms with Gasteiger partial charge >= 0.3 is 0 Å². The smallest absolute Gasteiger partial charge is 0.269 e. The lowest BCUT2D eigenvalue weighted by molar-refractivity contribution is -0.664. The first-order valence-corrected chi connectivity index (χ1v) is 15.6. The van der Waals surface area contributed by atoms with Gasteiger partial charge in [0.05, 0.1) is 26.7 Å². The van der Waals surface area contributed by atoms with Crippen LogP contribution in [0.4, 0.5) is 5.69 Å². The lowest BCUT2D eigenvalue weighted by atomic mass is 10.1. The zero-order valence-corrected chi connectivity index (χ0v) is 24.6. The summed E-state index contributed by atoms with van der Waals surface area (Å²) in [7, 11) is 0. The summed E-state index contributed by atoms with van der Waals surface area (Å²) in [5.41, 5.74) is 2.44. The summed E-state index contributed by atoms with van der Waals surface area (Å²) in [6.07, 6.45) is 6.22. The molecule has 1 aliphatic rings. The van der Waals surface area contributed by atoms with E-state index in [0.29, 0.717) is 6.54 Å². The zero-order chi connectivity index (χ0) is 26.4. The highest BCUT2D eigenvalue weighted by atomic mass is 35.5. The van der Waals surface area contributed by atoms with E-state index in [1.165, 1.54) is 25.9 Å². The van der Waals surface area contributed by atoms with Crippen LogP contribution in [0.3, 0.4) is 0 Å². The number of aromatic nitrogens is 2. The first-order valence-electron chi connectivity index (χ1n) is 12.7. The number of nitrogens with zero attached hydrogens (tertiary/aromatic N) is 3. The van der Waals surface area contributed by atoms with Gasteiger partial charge in [-0.15, -0.1) is 11.3 Å². The Bertz CT molecular complexity index is 1920. The Morgan fingerprint density at radius 3 is 2.61 bits per heavy atom. The number of halogens is 1. The molecule has 38 heavy (non-hydrogen) atoms. The van der Waals surface area contributed by atoms with Crippen molar-refractivity contribution in [1.82, 2.24) is 4.57 Å². The minimum atomic E-state index is 0.0572. The maximum absolute atomic E-state index is 13.4. The summed E-state index contributed by atoms with van der Waals surface area (Å²) in [5, 5.41) is 5.50. The SMILES string of the molecule is CCN1C(=CC=c2sc(=Cc3sc4ccc5ccccc5c4[n+]3CC)n(CC)c2=O)Sc2ccc(Cl)cc21. The molecule has 0 saturated heterocycles. The molecule has 0 saturated carbocycles. The number of thioether (sulfide) groups is 1. The summed E-state index contributed by atoms with van der Waals surface area (Å²) in [6.45, 7) is 8.67. The van der Waals surface area contributed by atoms with E-state index in [0.717, 1.165) is 43.0 Å². The third kappa shape index (κ3) is 4.31. The van der Waals surface area contributed by atoms with Crippen molar-refractivity contribution in [2.45, 2.75) is 38.8 Å². The molecule has 0 radical (unpaired) electrons. The van der Waals surface area contributed by atoms with E-state index in [1.54, 1.807) is 34.4 Å². The van der Waals surface area contributed by atoms with Gasteiger partial charge in [-0.1, -0.05) is 59.0 Å². The van der Waals surface area contributed by atoms with Gasteiger partial charge in [0.25, 0.3) is 10.6 Å². The van der Waals surface area contributed by atoms with Gasteiger partial charge in [0.2, 0.25) is 5.52 Å². The number of thiazole rings is 2. The van der Waals surface area contributed by atoms with Crippen molar-refractivity contribution in [2.75, 3.05) is 11.4 Å². The number of rotatable bonds is 5. The maximum Gasteiger partial charge on any atom is 0.269 e. The van der Waals surface area contributed by atoms with Gasteiger partial charge in [-0.05, 0) is 68.6 Å². The van der Waals surface area contributed by atoms with Crippen molar-refractivity contribution >= 4 is 84.9 Å². The quantitative estimate of drug-likeness (QED) is 0.229. The Morgan fingerprint density at radius 2 is 1.82 bits per heavy atom. The van der Waals surface area contributed by atoms with Crippen LogP contribution in [-0.2, 0) is 13.1 Å². The van der Waals surface area contributed by atoms with Crippen molar-refractivity contribution in [1.29, 1.82) is 0 Å². The highest BCUT2D eigenvalue weighted by Gasteiger charge is 2.24. The summed E-state index contributed by atoms with van der Waals surface area (Å²) >= 11 is 11.3. The lowest BCUT2D eigenvalue weighted by Crippen LogP contribution is -2.35. The molecule has 2 aromatic heterocycles. The van der Waals surface area contributed by atoms with Crippen molar-refractivity contribution in [2.24, 2.45) is 0 Å². The Labute approximate surface area is 238 Å². The monoisotopic (exact) mass is 576 g/mol. The van der Waals surface area contributed by atoms with Crippen molar-refractivity contribution < 1.29 is 4.57 Å². The van der Waals surface area contributed by atoms with Crippen LogP contribution in [0.15, 0.2) is 75.4 Å². The molecule has 3 heterocycles. The molecule has 0 atom stereocenters. The van der Waals surface area contributed by atoms with Crippen LogP contribution < -0.4 is 24.2 Å². The molecule has 0 spiro atoms. The van der Waals surface area contributed by atoms with Crippen molar-refractivity contribution in [3.8, 4) is 0 Å². The van der Waals surface area contributed by atoms with Gasteiger partial charge in [0, 0.05) is 23.0 Å². The molecule has 0 unspecified atom stereocenters. The molecule has 0 aliphatic carbocycles. The first-order chi connectivity index (χ1) is 18.5. The molecule has 3 aromatic carbocycles. The molecule has 0 fully saturated rings. The molecular weight excluding hydrogens is 550 g/mol. The standard InChI is InChI=1S/C30H27ClN3OS3/c1-4-32-22-17-20(31)12-14-23(22)36-26(32)16-15-25-30(35)34(6-3)28(38-25)18-27-33(5-2)29-21-10-8-7-9-19(21)11-13-24(29)37-27/h7-18H,4-6H2,1-3H3/q+1. The van der Waals surface area contributed by atoms with Crippen LogP contribution in [0.5, 0.6) is 0 Å². The van der Waals surface area contributed by atoms with E-state index in [-0.39, 0.29) is 5.56 Å². The summed E-state index contributed by atoms with van der Waals surface area (Å²) in [4.78, 5) is 16.8. The highest BCUT2D eigenvalue weighted by molar-refractivity contribution is 8.03. The Balaban J connectivity index is 1.47. The van der Waals surface area contributed by atoms with E-state index in [4.69, 9.17) is 11.6 Å². The summed E-state index contributed by atoms with van der Waals surface area (Å²) < 4.78 is 7.22. The lowest BCUT2D eigenvalue weighted by Gasteiger charge is -2.17. The normalized spacial score (nSPS) is 15.5. The molecule has 0 amide bonds. The number of allylic oxidation sites excluding steroid dienone is 1. The van der Waals surface area contributed by atoms with E-state index in [1.807, 2.05) is 29.7 Å². The largest absolute Gasteiger partial charge is 0.335 e. The van der Waals surface area contributed by atoms with Gasteiger partial charge in [0.1, 0.15) is 15.9 Å². The molecule has 192 valence electrons. The number of aryl methyl sites for hydroxylation is 1. The van der Waals surface area contributed by atoms with Crippen LogP contribution in [0.1, 0.15) is 25.8 Å². The number of fused-ring (bicyclic) bond motifs is 4. The molecule has 0 bridgehead atoms. The minimum Gasteiger partial charge on any atom is -0.335 e. The summed E-state index contributed by atoms with van der Waals surface area (Å²) in [6, 6.07) is 18.9. The zero-order valence-electron chi connectivity index (χ0n) is 21.4. The number of anilines is 1. The molecule has 5 aromatic rings. The molecule has 6 rings (SSSR count). The topological polar surface area (TPSA) is 29.1 Å². The minimum absolute atomic E-state index is 0.0572. The summed E-state index contributed by atoms with van der Waals surface area (Å²) in [5.74, 6) is 0. The maximum atomic E-state index is 13.4. The highest BCUT2D eigenvalue weighted by Crippen LogP contribution is 2.46.